The molecule has 0 aromatic heterocycles. The van der Waals surface area contributed by atoms with E-state index in [0.29, 0.717) is 17.9 Å². The molecule has 0 saturated carbocycles. The van der Waals surface area contributed by atoms with Gasteiger partial charge in [0, 0.05) is 12.1 Å². The van der Waals surface area contributed by atoms with Gasteiger partial charge in [0.15, 0.2) is 0 Å². The van der Waals surface area contributed by atoms with Gasteiger partial charge in [0.25, 0.3) is 0 Å². The van der Waals surface area contributed by atoms with Crippen molar-refractivity contribution < 1.29 is 14.0 Å². The van der Waals surface area contributed by atoms with Crippen LogP contribution in [0.3, 0.4) is 0 Å². The van der Waals surface area contributed by atoms with E-state index in [9.17, 15) is 4.39 Å². The number of rotatable bonds is 5. The molecule has 3 nitrogen and oxygen atoms in total. The molecule has 0 atom stereocenters. The van der Waals surface area contributed by atoms with E-state index in [1.165, 1.54) is 7.11 Å². The molecule has 0 radical (unpaired) electrons. The van der Waals surface area contributed by atoms with E-state index in [-0.39, 0.29) is 0 Å². The Hall–Kier alpha value is -1.13. The van der Waals surface area contributed by atoms with Crippen molar-refractivity contribution in [3.63, 3.8) is 0 Å². The SMILES string of the molecule is CONCc1ccc(OC)c(CF)c1. The summed E-state index contributed by atoms with van der Waals surface area (Å²) in [5.41, 5.74) is 4.21. The second-order valence-electron chi connectivity index (χ2n) is 2.81. The van der Waals surface area contributed by atoms with Crippen LogP contribution in [0.4, 0.5) is 4.39 Å². The third kappa shape index (κ3) is 2.68. The minimum absolute atomic E-state index is 0.524. The van der Waals surface area contributed by atoms with Gasteiger partial charge in [-0.1, -0.05) is 6.07 Å². The van der Waals surface area contributed by atoms with Crippen molar-refractivity contribution in [2.75, 3.05) is 14.2 Å². The molecule has 1 aromatic rings. The second-order valence-corrected chi connectivity index (χ2v) is 2.81. The number of hydrogen-bond donors (Lipinski definition) is 1. The Morgan fingerprint density at radius 2 is 2.14 bits per heavy atom. The quantitative estimate of drug-likeness (QED) is 0.734. The average molecular weight is 199 g/mol. The lowest BCUT2D eigenvalue weighted by Gasteiger charge is -2.08. The molecular weight excluding hydrogens is 185 g/mol. The standard InChI is InChI=1S/C10H14FNO2/c1-13-10-4-3-8(7-12-14-2)5-9(10)6-11/h3-5,12H,6-7H2,1-2H3. The maximum atomic E-state index is 12.5. The van der Waals surface area contributed by atoms with Gasteiger partial charge < -0.3 is 9.57 Å². The molecule has 78 valence electrons. The fourth-order valence-electron chi connectivity index (χ4n) is 1.20. The predicted octanol–water partition coefficient (Wildman–Crippen LogP) is 1.82. The number of ether oxygens (including phenoxy) is 1. The van der Waals surface area contributed by atoms with Crippen LogP contribution in [0.1, 0.15) is 11.1 Å². The Labute approximate surface area is 82.8 Å². The third-order valence-corrected chi connectivity index (χ3v) is 1.91. The lowest BCUT2D eigenvalue weighted by atomic mass is 10.1. The monoisotopic (exact) mass is 199 g/mol. The van der Waals surface area contributed by atoms with Crippen molar-refractivity contribution in [3.8, 4) is 5.75 Å². The van der Waals surface area contributed by atoms with Crippen molar-refractivity contribution in [3.05, 3.63) is 29.3 Å². The molecule has 1 N–H and O–H groups in total. The zero-order chi connectivity index (χ0) is 10.4. The molecule has 0 saturated heterocycles. The summed E-state index contributed by atoms with van der Waals surface area (Å²) in [5, 5.41) is 0. The molecule has 0 heterocycles. The van der Waals surface area contributed by atoms with Crippen molar-refractivity contribution in [2.45, 2.75) is 13.2 Å². The van der Waals surface area contributed by atoms with E-state index in [4.69, 9.17) is 9.57 Å². The van der Waals surface area contributed by atoms with Gasteiger partial charge in [0.2, 0.25) is 0 Å². The highest BCUT2D eigenvalue weighted by Crippen LogP contribution is 2.20. The van der Waals surface area contributed by atoms with Gasteiger partial charge in [0.05, 0.1) is 14.2 Å². The van der Waals surface area contributed by atoms with Crippen LogP contribution in [0.25, 0.3) is 0 Å². The van der Waals surface area contributed by atoms with Crippen molar-refractivity contribution in [1.82, 2.24) is 5.48 Å². The molecule has 0 aliphatic rings. The maximum absolute atomic E-state index is 12.5. The molecule has 4 heteroatoms. The maximum Gasteiger partial charge on any atom is 0.124 e. The summed E-state index contributed by atoms with van der Waals surface area (Å²) in [6.07, 6.45) is 0. The van der Waals surface area contributed by atoms with E-state index in [0.717, 1.165) is 5.56 Å². The Kier molecular flexibility index (Phi) is 4.35. The van der Waals surface area contributed by atoms with Crippen LogP contribution in [0, 0.1) is 0 Å². The molecule has 0 aliphatic heterocycles. The van der Waals surface area contributed by atoms with Crippen LogP contribution in [0.2, 0.25) is 0 Å². The summed E-state index contributed by atoms with van der Waals surface area (Å²) >= 11 is 0. The Morgan fingerprint density at radius 3 is 2.71 bits per heavy atom. The molecule has 1 aromatic carbocycles. The summed E-state index contributed by atoms with van der Waals surface area (Å²) in [5.74, 6) is 0.577. The highest BCUT2D eigenvalue weighted by Gasteiger charge is 2.03. The Bertz CT molecular complexity index is 291. The molecular formula is C10H14FNO2. The highest BCUT2D eigenvalue weighted by molar-refractivity contribution is 5.36. The first kappa shape index (κ1) is 10.9. The van der Waals surface area contributed by atoms with Gasteiger partial charge in [0.1, 0.15) is 12.4 Å². The normalized spacial score (nSPS) is 10.2. The topological polar surface area (TPSA) is 30.5 Å². The summed E-state index contributed by atoms with van der Waals surface area (Å²) in [7, 11) is 3.07. The molecule has 0 spiro atoms. The molecule has 14 heavy (non-hydrogen) atoms. The number of benzene rings is 1. The van der Waals surface area contributed by atoms with Gasteiger partial charge in [-0.3, -0.25) is 0 Å². The number of methoxy groups -OCH3 is 1. The van der Waals surface area contributed by atoms with E-state index in [1.54, 1.807) is 19.2 Å². The summed E-state index contributed by atoms with van der Waals surface area (Å²) in [6, 6.07) is 5.37. The van der Waals surface area contributed by atoms with E-state index < -0.39 is 6.67 Å². The highest BCUT2D eigenvalue weighted by atomic mass is 19.1. The molecule has 0 fully saturated rings. The number of hydrogen-bond acceptors (Lipinski definition) is 3. The van der Waals surface area contributed by atoms with E-state index in [1.807, 2.05) is 6.07 Å². The fourth-order valence-corrected chi connectivity index (χ4v) is 1.20. The minimum atomic E-state index is -0.524. The third-order valence-electron chi connectivity index (χ3n) is 1.91. The second kappa shape index (κ2) is 5.57. The number of halogens is 1. The summed E-state index contributed by atoms with van der Waals surface area (Å²) < 4.78 is 17.5. The Morgan fingerprint density at radius 1 is 1.36 bits per heavy atom. The summed E-state index contributed by atoms with van der Waals surface area (Å²) in [4.78, 5) is 4.70. The lowest BCUT2D eigenvalue weighted by molar-refractivity contribution is 0.0867. The average Bonchev–Trinajstić information content (AvgIpc) is 2.25. The van der Waals surface area contributed by atoms with E-state index in [2.05, 4.69) is 5.48 Å². The van der Waals surface area contributed by atoms with Crippen LogP contribution in [0.5, 0.6) is 5.75 Å². The van der Waals surface area contributed by atoms with Crippen molar-refractivity contribution >= 4 is 0 Å². The predicted molar refractivity (Wildman–Crippen MR) is 51.7 cm³/mol. The molecule has 0 amide bonds. The molecule has 0 bridgehead atoms. The number of nitrogens with one attached hydrogen (secondary N) is 1. The zero-order valence-electron chi connectivity index (χ0n) is 8.34. The first-order valence-electron chi connectivity index (χ1n) is 4.29. The van der Waals surface area contributed by atoms with Crippen LogP contribution in [-0.4, -0.2) is 14.2 Å². The van der Waals surface area contributed by atoms with Crippen molar-refractivity contribution in [1.29, 1.82) is 0 Å². The number of hydroxylamine groups is 1. The minimum Gasteiger partial charge on any atom is -0.496 e. The van der Waals surface area contributed by atoms with Gasteiger partial charge in [-0.15, -0.1) is 0 Å². The number of alkyl halides is 1. The van der Waals surface area contributed by atoms with Crippen LogP contribution in [0.15, 0.2) is 18.2 Å². The smallest absolute Gasteiger partial charge is 0.124 e. The first-order chi connectivity index (χ1) is 6.81. The molecule has 0 unspecified atom stereocenters. The summed E-state index contributed by atoms with van der Waals surface area (Å²) in [6.45, 7) is 0.0253. The zero-order valence-corrected chi connectivity index (χ0v) is 8.34. The van der Waals surface area contributed by atoms with Crippen LogP contribution >= 0.6 is 0 Å². The van der Waals surface area contributed by atoms with Gasteiger partial charge in [-0.2, -0.15) is 5.48 Å². The molecule has 1 rings (SSSR count). The van der Waals surface area contributed by atoms with E-state index >= 15 is 0 Å². The Balaban J connectivity index is 2.79. The molecule has 0 aliphatic carbocycles. The van der Waals surface area contributed by atoms with Crippen molar-refractivity contribution in [2.24, 2.45) is 0 Å². The fraction of sp³-hybridized carbons (Fsp3) is 0.400. The van der Waals surface area contributed by atoms with Gasteiger partial charge in [-0.05, 0) is 17.7 Å². The van der Waals surface area contributed by atoms with Gasteiger partial charge >= 0.3 is 0 Å². The lowest BCUT2D eigenvalue weighted by Crippen LogP contribution is -2.10. The largest absolute Gasteiger partial charge is 0.496 e. The first-order valence-corrected chi connectivity index (χ1v) is 4.29. The van der Waals surface area contributed by atoms with Crippen LogP contribution in [-0.2, 0) is 18.1 Å². The van der Waals surface area contributed by atoms with Crippen LogP contribution < -0.4 is 10.2 Å². The van der Waals surface area contributed by atoms with Gasteiger partial charge in [-0.25, -0.2) is 4.39 Å².